The van der Waals surface area contributed by atoms with Gasteiger partial charge in [0.1, 0.15) is 30.5 Å². The SMILES string of the molecule is CCOc1ccccc1C1C(=C(O)c2ccc3c(c2)OCCO3)C(=O)C(=O)N1Cc1ccco1. The fraction of sp³-hybridized carbons (Fsp3) is 0.231. The molecule has 1 fully saturated rings. The smallest absolute Gasteiger partial charge is 0.296 e. The zero-order valence-corrected chi connectivity index (χ0v) is 18.5. The first-order valence-electron chi connectivity index (χ1n) is 11.0. The quantitative estimate of drug-likeness (QED) is 0.336. The Balaban J connectivity index is 1.66. The second-order valence-electron chi connectivity index (χ2n) is 7.84. The molecule has 1 aromatic heterocycles. The highest BCUT2D eigenvalue weighted by molar-refractivity contribution is 6.46. The van der Waals surface area contributed by atoms with Gasteiger partial charge in [-0.1, -0.05) is 18.2 Å². The maximum Gasteiger partial charge on any atom is 0.296 e. The number of benzene rings is 2. The molecule has 3 aromatic rings. The van der Waals surface area contributed by atoms with Gasteiger partial charge in [-0.2, -0.15) is 0 Å². The molecule has 0 bridgehead atoms. The van der Waals surface area contributed by atoms with E-state index in [4.69, 9.17) is 18.6 Å². The van der Waals surface area contributed by atoms with Crippen molar-refractivity contribution < 1.29 is 33.3 Å². The van der Waals surface area contributed by atoms with Crippen molar-refractivity contribution in [3.63, 3.8) is 0 Å². The standard InChI is InChI=1S/C26H23NO7/c1-2-31-19-8-4-3-7-18(19)23-22(25(29)26(30)27(23)15-17-6-5-11-32-17)24(28)16-9-10-20-21(14-16)34-13-12-33-20/h3-11,14,23,28H,2,12-13,15H2,1H3. The third-order valence-electron chi connectivity index (χ3n) is 5.78. The van der Waals surface area contributed by atoms with Crippen molar-refractivity contribution in [2.24, 2.45) is 0 Å². The first kappa shape index (κ1) is 21.6. The highest BCUT2D eigenvalue weighted by Gasteiger charge is 2.47. The molecule has 1 N–H and O–H groups in total. The van der Waals surface area contributed by atoms with Crippen LogP contribution in [0, 0.1) is 0 Å². The van der Waals surface area contributed by atoms with Crippen molar-refractivity contribution >= 4 is 17.4 Å². The maximum atomic E-state index is 13.3. The molecule has 174 valence electrons. The molecular weight excluding hydrogens is 438 g/mol. The molecule has 1 atom stereocenters. The molecule has 1 saturated heterocycles. The summed E-state index contributed by atoms with van der Waals surface area (Å²) in [6.07, 6.45) is 1.50. The number of likely N-dealkylation sites (tertiary alicyclic amines) is 1. The lowest BCUT2D eigenvalue weighted by Crippen LogP contribution is -2.29. The highest BCUT2D eigenvalue weighted by Crippen LogP contribution is 2.44. The van der Waals surface area contributed by atoms with Crippen LogP contribution in [-0.2, 0) is 16.1 Å². The average Bonchev–Trinajstić information content (AvgIpc) is 3.46. The number of nitrogens with zero attached hydrogens (tertiary/aromatic N) is 1. The number of fused-ring (bicyclic) bond motifs is 1. The van der Waals surface area contributed by atoms with Gasteiger partial charge in [0.25, 0.3) is 11.7 Å². The van der Waals surface area contributed by atoms with Crippen LogP contribution in [0.25, 0.3) is 5.76 Å². The Hall–Kier alpha value is -4.20. The summed E-state index contributed by atoms with van der Waals surface area (Å²) >= 11 is 0. The van der Waals surface area contributed by atoms with E-state index >= 15 is 0 Å². The molecule has 0 radical (unpaired) electrons. The maximum absolute atomic E-state index is 13.3. The normalized spacial score (nSPS) is 18.9. The Labute approximate surface area is 196 Å². The minimum atomic E-state index is -0.874. The van der Waals surface area contributed by atoms with Gasteiger partial charge in [0.2, 0.25) is 0 Å². The predicted molar refractivity (Wildman–Crippen MR) is 122 cm³/mol. The molecular formula is C26H23NO7. The van der Waals surface area contributed by atoms with E-state index in [2.05, 4.69) is 0 Å². The van der Waals surface area contributed by atoms with Gasteiger partial charge in [-0.25, -0.2) is 0 Å². The van der Waals surface area contributed by atoms with Crippen LogP contribution in [0.5, 0.6) is 17.2 Å². The number of amides is 1. The Morgan fingerprint density at radius 1 is 1.06 bits per heavy atom. The Bertz CT molecular complexity index is 1260. The van der Waals surface area contributed by atoms with Crippen molar-refractivity contribution in [2.75, 3.05) is 19.8 Å². The number of ketones is 1. The van der Waals surface area contributed by atoms with Gasteiger partial charge in [0, 0.05) is 11.1 Å². The van der Waals surface area contributed by atoms with Crippen molar-refractivity contribution in [1.82, 2.24) is 4.90 Å². The van der Waals surface area contributed by atoms with Crippen LogP contribution in [0.3, 0.4) is 0 Å². The van der Waals surface area contributed by atoms with E-state index < -0.39 is 17.7 Å². The molecule has 8 heteroatoms. The van der Waals surface area contributed by atoms with Crippen LogP contribution in [0.1, 0.15) is 29.9 Å². The van der Waals surface area contributed by atoms with Gasteiger partial charge in [0.05, 0.1) is 31.0 Å². The van der Waals surface area contributed by atoms with Crippen LogP contribution in [0.4, 0.5) is 0 Å². The molecule has 0 spiro atoms. The molecule has 2 aliphatic rings. The third-order valence-corrected chi connectivity index (χ3v) is 5.78. The van der Waals surface area contributed by atoms with Gasteiger partial charge in [-0.05, 0) is 43.3 Å². The molecule has 2 aromatic carbocycles. The van der Waals surface area contributed by atoms with E-state index in [1.165, 1.54) is 11.2 Å². The van der Waals surface area contributed by atoms with Gasteiger partial charge in [0.15, 0.2) is 11.5 Å². The van der Waals surface area contributed by atoms with Crippen molar-refractivity contribution in [3.8, 4) is 17.2 Å². The largest absolute Gasteiger partial charge is 0.507 e. The molecule has 5 rings (SSSR count). The van der Waals surface area contributed by atoms with Gasteiger partial charge < -0.3 is 28.6 Å². The van der Waals surface area contributed by atoms with E-state index in [9.17, 15) is 14.7 Å². The molecule has 3 heterocycles. The number of hydrogen-bond donors (Lipinski definition) is 1. The second-order valence-corrected chi connectivity index (χ2v) is 7.84. The Kier molecular flexibility index (Phi) is 5.71. The van der Waals surface area contributed by atoms with Gasteiger partial charge in [-0.3, -0.25) is 9.59 Å². The molecule has 1 amide bonds. The first-order valence-corrected chi connectivity index (χ1v) is 11.0. The lowest BCUT2D eigenvalue weighted by atomic mass is 9.94. The summed E-state index contributed by atoms with van der Waals surface area (Å²) in [6.45, 7) is 3.13. The number of rotatable bonds is 6. The monoisotopic (exact) mass is 461 g/mol. The molecule has 0 saturated carbocycles. The number of para-hydroxylation sites is 1. The van der Waals surface area contributed by atoms with Crippen LogP contribution in [0.2, 0.25) is 0 Å². The minimum Gasteiger partial charge on any atom is -0.507 e. The second kappa shape index (κ2) is 8.97. The Morgan fingerprint density at radius 3 is 2.62 bits per heavy atom. The number of furan rings is 1. The molecule has 2 aliphatic heterocycles. The van der Waals surface area contributed by atoms with E-state index in [0.29, 0.717) is 54.0 Å². The average molecular weight is 461 g/mol. The minimum absolute atomic E-state index is 0.0274. The molecule has 34 heavy (non-hydrogen) atoms. The van der Waals surface area contributed by atoms with Crippen LogP contribution in [0.15, 0.2) is 70.9 Å². The Morgan fingerprint density at radius 2 is 1.85 bits per heavy atom. The number of carbonyl (C=O) groups is 2. The number of Topliss-reactive ketones (excluding diaryl/α,β-unsaturated/α-hetero) is 1. The summed E-state index contributed by atoms with van der Waals surface area (Å²) in [6, 6.07) is 14.7. The topological polar surface area (TPSA) is 98.4 Å². The van der Waals surface area contributed by atoms with E-state index in [1.807, 2.05) is 13.0 Å². The van der Waals surface area contributed by atoms with E-state index in [1.54, 1.807) is 48.5 Å². The number of carbonyl (C=O) groups excluding carboxylic acids is 2. The van der Waals surface area contributed by atoms with Crippen LogP contribution in [-0.4, -0.2) is 41.5 Å². The predicted octanol–water partition coefficient (Wildman–Crippen LogP) is 4.07. The summed E-state index contributed by atoms with van der Waals surface area (Å²) in [4.78, 5) is 27.8. The molecule has 1 unspecified atom stereocenters. The molecule has 0 aliphatic carbocycles. The van der Waals surface area contributed by atoms with E-state index in [0.717, 1.165) is 0 Å². The number of aliphatic hydroxyl groups excluding tert-OH is 1. The molecule has 8 nitrogen and oxygen atoms in total. The summed E-state index contributed by atoms with van der Waals surface area (Å²) in [7, 11) is 0. The lowest BCUT2D eigenvalue weighted by Gasteiger charge is -2.26. The van der Waals surface area contributed by atoms with Gasteiger partial charge in [-0.15, -0.1) is 0 Å². The summed E-state index contributed by atoms with van der Waals surface area (Å²) < 4.78 is 22.4. The summed E-state index contributed by atoms with van der Waals surface area (Å²) in [5.74, 6) is 0.246. The summed E-state index contributed by atoms with van der Waals surface area (Å²) in [5, 5.41) is 11.3. The van der Waals surface area contributed by atoms with Crippen LogP contribution < -0.4 is 14.2 Å². The van der Waals surface area contributed by atoms with Crippen molar-refractivity contribution in [1.29, 1.82) is 0 Å². The number of aliphatic hydroxyl groups is 1. The number of ether oxygens (including phenoxy) is 3. The third kappa shape index (κ3) is 3.77. The van der Waals surface area contributed by atoms with Crippen molar-refractivity contribution in [2.45, 2.75) is 19.5 Å². The van der Waals surface area contributed by atoms with Crippen LogP contribution >= 0.6 is 0 Å². The van der Waals surface area contributed by atoms with E-state index in [-0.39, 0.29) is 17.9 Å². The fourth-order valence-electron chi connectivity index (χ4n) is 4.28. The van der Waals surface area contributed by atoms with Crippen molar-refractivity contribution in [3.05, 3.63) is 83.3 Å². The highest BCUT2D eigenvalue weighted by atomic mass is 16.6. The fourth-order valence-corrected chi connectivity index (χ4v) is 4.28. The lowest BCUT2D eigenvalue weighted by molar-refractivity contribution is -0.140. The zero-order chi connectivity index (χ0) is 23.7. The number of hydrogen-bond acceptors (Lipinski definition) is 7. The zero-order valence-electron chi connectivity index (χ0n) is 18.5. The van der Waals surface area contributed by atoms with Gasteiger partial charge >= 0.3 is 0 Å². The summed E-state index contributed by atoms with van der Waals surface area (Å²) in [5.41, 5.74) is 0.911. The first-order chi connectivity index (χ1) is 16.6.